The van der Waals surface area contributed by atoms with Crippen LogP contribution in [0, 0.1) is 0 Å². The van der Waals surface area contributed by atoms with Crippen molar-refractivity contribution in [2.75, 3.05) is 13.7 Å². The second-order valence-corrected chi connectivity index (χ2v) is 3.24. The average molecular weight is 192 g/mol. The van der Waals surface area contributed by atoms with Crippen molar-refractivity contribution in [1.29, 1.82) is 0 Å². The maximum atomic E-state index is 11.6. The molecular formula is C11H12O3. The van der Waals surface area contributed by atoms with Crippen LogP contribution in [0.5, 0.6) is 11.5 Å². The van der Waals surface area contributed by atoms with Crippen LogP contribution in [-0.4, -0.2) is 19.5 Å². The van der Waals surface area contributed by atoms with Gasteiger partial charge in [-0.05, 0) is 24.6 Å². The van der Waals surface area contributed by atoms with E-state index < -0.39 is 0 Å². The van der Waals surface area contributed by atoms with Crippen LogP contribution in [0.2, 0.25) is 0 Å². The number of methoxy groups -OCH3 is 1. The maximum Gasteiger partial charge on any atom is 0.166 e. The van der Waals surface area contributed by atoms with Crippen molar-refractivity contribution in [3.05, 3.63) is 23.8 Å². The largest absolute Gasteiger partial charge is 0.497 e. The van der Waals surface area contributed by atoms with Gasteiger partial charge in [0.05, 0.1) is 19.3 Å². The molecule has 3 nitrogen and oxygen atoms in total. The van der Waals surface area contributed by atoms with Crippen LogP contribution in [0.1, 0.15) is 23.2 Å². The summed E-state index contributed by atoms with van der Waals surface area (Å²) in [5.74, 6) is 1.51. The molecule has 1 aliphatic heterocycles. The highest BCUT2D eigenvalue weighted by Crippen LogP contribution is 2.27. The second kappa shape index (κ2) is 3.70. The first-order chi connectivity index (χ1) is 6.81. The van der Waals surface area contributed by atoms with Gasteiger partial charge in [0, 0.05) is 6.42 Å². The summed E-state index contributed by atoms with van der Waals surface area (Å²) in [7, 11) is 1.59. The van der Waals surface area contributed by atoms with Crippen LogP contribution < -0.4 is 9.47 Å². The molecule has 0 amide bonds. The number of benzene rings is 1. The number of ketones is 1. The number of ether oxygens (including phenoxy) is 2. The van der Waals surface area contributed by atoms with E-state index in [1.807, 2.05) is 0 Å². The Bertz CT molecular complexity index is 358. The van der Waals surface area contributed by atoms with Gasteiger partial charge >= 0.3 is 0 Å². The Balaban J connectivity index is 2.44. The molecule has 1 aliphatic rings. The Hall–Kier alpha value is -1.51. The highest BCUT2D eigenvalue weighted by Gasteiger charge is 2.16. The molecule has 0 saturated heterocycles. The molecule has 3 heteroatoms. The zero-order chi connectivity index (χ0) is 9.97. The minimum absolute atomic E-state index is 0.136. The lowest BCUT2D eigenvalue weighted by molar-refractivity contribution is 0.0983. The molecule has 1 aromatic carbocycles. The van der Waals surface area contributed by atoms with Gasteiger partial charge < -0.3 is 9.47 Å². The molecular weight excluding hydrogens is 180 g/mol. The standard InChI is InChI=1S/C11H12O3/c1-13-8-4-5-11-9(7-8)10(12)3-2-6-14-11/h4-5,7H,2-3,6H2,1H3. The van der Waals surface area contributed by atoms with Crippen LogP contribution in [0.3, 0.4) is 0 Å². The predicted octanol–water partition coefficient (Wildman–Crippen LogP) is 2.05. The molecule has 0 radical (unpaired) electrons. The first kappa shape index (κ1) is 9.06. The Morgan fingerprint density at radius 3 is 3.07 bits per heavy atom. The van der Waals surface area contributed by atoms with E-state index in [0.29, 0.717) is 30.1 Å². The number of Topliss-reactive ketones (excluding diaryl/α,β-unsaturated/α-hetero) is 1. The Kier molecular flexibility index (Phi) is 2.39. The molecule has 74 valence electrons. The van der Waals surface area contributed by atoms with Crippen LogP contribution in [0.25, 0.3) is 0 Å². The predicted molar refractivity (Wildman–Crippen MR) is 52.1 cm³/mol. The number of rotatable bonds is 1. The number of carbonyl (C=O) groups excluding carboxylic acids is 1. The lowest BCUT2D eigenvalue weighted by Crippen LogP contribution is -1.98. The molecule has 0 atom stereocenters. The van der Waals surface area contributed by atoms with Gasteiger partial charge in [-0.25, -0.2) is 0 Å². The summed E-state index contributed by atoms with van der Waals surface area (Å²) in [5, 5.41) is 0. The zero-order valence-electron chi connectivity index (χ0n) is 8.08. The molecule has 1 heterocycles. The number of hydrogen-bond acceptors (Lipinski definition) is 3. The van der Waals surface area contributed by atoms with Gasteiger partial charge in [0.15, 0.2) is 5.78 Å². The average Bonchev–Trinajstić information content (AvgIpc) is 2.40. The highest BCUT2D eigenvalue weighted by atomic mass is 16.5. The second-order valence-electron chi connectivity index (χ2n) is 3.24. The van der Waals surface area contributed by atoms with E-state index in [9.17, 15) is 4.79 Å². The maximum absolute atomic E-state index is 11.6. The summed E-state index contributed by atoms with van der Waals surface area (Å²) in [4.78, 5) is 11.6. The third-order valence-electron chi connectivity index (χ3n) is 2.29. The molecule has 0 spiro atoms. The first-order valence-electron chi connectivity index (χ1n) is 4.65. The van der Waals surface area contributed by atoms with Crippen LogP contribution >= 0.6 is 0 Å². The van der Waals surface area contributed by atoms with Gasteiger partial charge in [-0.15, -0.1) is 0 Å². The molecule has 0 saturated carbocycles. The normalized spacial score (nSPS) is 15.4. The van der Waals surface area contributed by atoms with Crippen molar-refractivity contribution < 1.29 is 14.3 Å². The van der Waals surface area contributed by atoms with Crippen molar-refractivity contribution in [3.8, 4) is 11.5 Å². The zero-order valence-corrected chi connectivity index (χ0v) is 8.08. The van der Waals surface area contributed by atoms with E-state index in [4.69, 9.17) is 9.47 Å². The number of carbonyl (C=O) groups is 1. The molecule has 0 unspecified atom stereocenters. The van der Waals surface area contributed by atoms with Gasteiger partial charge in [0.25, 0.3) is 0 Å². The van der Waals surface area contributed by atoms with Gasteiger partial charge in [0.1, 0.15) is 11.5 Å². The third-order valence-corrected chi connectivity index (χ3v) is 2.29. The van der Waals surface area contributed by atoms with E-state index in [-0.39, 0.29) is 5.78 Å². The van der Waals surface area contributed by atoms with E-state index in [1.54, 1.807) is 25.3 Å². The first-order valence-corrected chi connectivity index (χ1v) is 4.65. The topological polar surface area (TPSA) is 35.5 Å². The Morgan fingerprint density at radius 2 is 2.29 bits per heavy atom. The van der Waals surface area contributed by atoms with E-state index in [2.05, 4.69) is 0 Å². The molecule has 0 bridgehead atoms. The molecule has 0 fully saturated rings. The van der Waals surface area contributed by atoms with E-state index in [1.165, 1.54) is 0 Å². The fourth-order valence-corrected chi connectivity index (χ4v) is 1.53. The molecule has 14 heavy (non-hydrogen) atoms. The summed E-state index contributed by atoms with van der Waals surface area (Å²) in [5.41, 5.74) is 0.641. The molecule has 0 N–H and O–H groups in total. The van der Waals surface area contributed by atoms with Crippen molar-refractivity contribution in [2.45, 2.75) is 12.8 Å². The summed E-state index contributed by atoms with van der Waals surface area (Å²) in [6, 6.07) is 5.33. The fraction of sp³-hybridized carbons (Fsp3) is 0.364. The third kappa shape index (κ3) is 1.58. The van der Waals surface area contributed by atoms with Crippen LogP contribution in [-0.2, 0) is 0 Å². The van der Waals surface area contributed by atoms with Crippen molar-refractivity contribution in [2.24, 2.45) is 0 Å². The number of fused-ring (bicyclic) bond motifs is 1. The minimum Gasteiger partial charge on any atom is -0.497 e. The van der Waals surface area contributed by atoms with Gasteiger partial charge in [0.2, 0.25) is 0 Å². The summed E-state index contributed by atoms with van der Waals surface area (Å²) < 4.78 is 10.5. The van der Waals surface area contributed by atoms with Crippen molar-refractivity contribution >= 4 is 5.78 Å². The summed E-state index contributed by atoms with van der Waals surface area (Å²) >= 11 is 0. The summed E-state index contributed by atoms with van der Waals surface area (Å²) in [6.07, 6.45) is 1.34. The van der Waals surface area contributed by atoms with Crippen molar-refractivity contribution in [3.63, 3.8) is 0 Å². The van der Waals surface area contributed by atoms with Crippen LogP contribution in [0.15, 0.2) is 18.2 Å². The van der Waals surface area contributed by atoms with Crippen molar-refractivity contribution in [1.82, 2.24) is 0 Å². The van der Waals surface area contributed by atoms with Gasteiger partial charge in [-0.2, -0.15) is 0 Å². The van der Waals surface area contributed by atoms with Crippen LogP contribution in [0.4, 0.5) is 0 Å². The molecule has 0 aliphatic carbocycles. The number of hydrogen-bond donors (Lipinski definition) is 0. The SMILES string of the molecule is COc1ccc2c(c1)C(=O)CCCO2. The van der Waals surface area contributed by atoms with Gasteiger partial charge in [-0.3, -0.25) is 4.79 Å². The lowest BCUT2D eigenvalue weighted by atomic mass is 10.1. The monoisotopic (exact) mass is 192 g/mol. The van der Waals surface area contributed by atoms with Gasteiger partial charge in [-0.1, -0.05) is 0 Å². The Labute approximate surface area is 82.6 Å². The van der Waals surface area contributed by atoms with E-state index in [0.717, 1.165) is 6.42 Å². The molecule has 1 aromatic rings. The quantitative estimate of drug-likeness (QED) is 0.683. The summed E-state index contributed by atoms with van der Waals surface area (Å²) in [6.45, 7) is 0.616. The smallest absolute Gasteiger partial charge is 0.166 e. The lowest BCUT2D eigenvalue weighted by Gasteiger charge is -2.07. The highest BCUT2D eigenvalue weighted by molar-refractivity contribution is 5.99. The Morgan fingerprint density at radius 1 is 1.43 bits per heavy atom. The fourth-order valence-electron chi connectivity index (χ4n) is 1.53. The molecule has 0 aromatic heterocycles. The van der Waals surface area contributed by atoms with E-state index >= 15 is 0 Å². The molecule has 2 rings (SSSR count). The minimum atomic E-state index is 0.136.